The molecule has 0 fully saturated rings. The predicted octanol–water partition coefficient (Wildman–Crippen LogP) is 5.77. The number of nitrogens with zero attached hydrogens (tertiary/aromatic N) is 1. The Labute approximate surface area is 193 Å². The normalized spacial score (nSPS) is 13.6. The minimum Gasteiger partial charge on any atom is -0.295 e. The maximum absolute atomic E-state index is 13.9. The Kier molecular flexibility index (Phi) is 7.27. The first-order chi connectivity index (χ1) is 15.4. The van der Waals surface area contributed by atoms with E-state index in [1.807, 2.05) is 88.4 Å². The zero-order valence-electron chi connectivity index (χ0n) is 18.9. The van der Waals surface area contributed by atoms with Crippen LogP contribution in [0.25, 0.3) is 0 Å². The smallest absolute Gasteiger partial charge is 0.242 e. The van der Waals surface area contributed by atoms with Crippen LogP contribution in [0.15, 0.2) is 60.7 Å². The molecule has 1 heterocycles. The van der Waals surface area contributed by atoms with Gasteiger partial charge in [0.2, 0.25) is 11.8 Å². The van der Waals surface area contributed by atoms with E-state index >= 15 is 0 Å². The molecule has 5 heteroatoms. The number of nitriles is 1. The summed E-state index contributed by atoms with van der Waals surface area (Å²) < 4.78 is 0. The average molecular weight is 445 g/mol. The van der Waals surface area contributed by atoms with Crippen molar-refractivity contribution in [1.29, 1.82) is 5.26 Å². The van der Waals surface area contributed by atoms with E-state index in [1.54, 1.807) is 0 Å². The van der Waals surface area contributed by atoms with Crippen LogP contribution in [0.3, 0.4) is 0 Å². The number of carbonyl (C=O) groups excluding carboxylic acids is 2. The van der Waals surface area contributed by atoms with Crippen molar-refractivity contribution in [2.45, 2.75) is 51.9 Å². The molecule has 0 spiro atoms. The highest BCUT2D eigenvalue weighted by atomic mass is 32.1. The summed E-state index contributed by atoms with van der Waals surface area (Å²) in [4.78, 5) is 28.9. The lowest BCUT2D eigenvalue weighted by Crippen LogP contribution is -2.48. The van der Waals surface area contributed by atoms with Crippen molar-refractivity contribution in [3.63, 3.8) is 0 Å². The van der Waals surface area contributed by atoms with Gasteiger partial charge in [0, 0.05) is 9.75 Å². The summed E-state index contributed by atoms with van der Waals surface area (Å²) in [5.41, 5.74) is 1.94. The van der Waals surface area contributed by atoms with E-state index in [-0.39, 0.29) is 11.8 Å². The molecule has 2 amide bonds. The summed E-state index contributed by atoms with van der Waals surface area (Å²) in [6.45, 7) is 7.73. The fourth-order valence-electron chi connectivity index (χ4n) is 4.24. The number of hydrogen-bond acceptors (Lipinski definition) is 4. The summed E-state index contributed by atoms with van der Waals surface area (Å²) in [5, 5.41) is 12.6. The van der Waals surface area contributed by atoms with Gasteiger partial charge in [-0.15, -0.1) is 11.3 Å². The van der Waals surface area contributed by atoms with Crippen molar-refractivity contribution in [1.82, 2.24) is 5.32 Å². The molecule has 0 aliphatic carbocycles. The van der Waals surface area contributed by atoms with Gasteiger partial charge >= 0.3 is 0 Å². The molecule has 1 aromatic heterocycles. The minimum atomic E-state index is -1.12. The molecular formula is C27H28N2O2S. The van der Waals surface area contributed by atoms with Gasteiger partial charge in [-0.2, -0.15) is 5.26 Å². The molecule has 0 saturated carbocycles. The van der Waals surface area contributed by atoms with Gasteiger partial charge in [-0.05, 0) is 43.4 Å². The van der Waals surface area contributed by atoms with Crippen LogP contribution < -0.4 is 5.32 Å². The number of aryl methyl sites for hydroxylation is 1. The number of thiophene rings is 1. The molecule has 0 aliphatic rings. The lowest BCUT2D eigenvalue weighted by atomic mass is 9.74. The summed E-state index contributed by atoms with van der Waals surface area (Å²) in [7, 11) is 0. The van der Waals surface area contributed by atoms with Gasteiger partial charge in [0.25, 0.3) is 0 Å². The summed E-state index contributed by atoms with van der Waals surface area (Å²) >= 11 is 1.46. The van der Waals surface area contributed by atoms with Crippen LogP contribution in [-0.4, -0.2) is 11.8 Å². The molecule has 2 atom stereocenters. The second kappa shape index (κ2) is 9.93. The van der Waals surface area contributed by atoms with Crippen LogP contribution >= 0.6 is 11.3 Å². The lowest BCUT2D eigenvalue weighted by molar-refractivity contribution is -0.133. The zero-order valence-corrected chi connectivity index (χ0v) is 19.8. The largest absolute Gasteiger partial charge is 0.295 e. The number of amides is 2. The molecule has 0 radical (unpaired) electrons. The van der Waals surface area contributed by atoms with Crippen molar-refractivity contribution >= 4 is 23.2 Å². The topological polar surface area (TPSA) is 70.0 Å². The molecule has 32 heavy (non-hydrogen) atoms. The maximum atomic E-state index is 13.9. The van der Waals surface area contributed by atoms with Gasteiger partial charge in [0.05, 0.1) is 11.5 Å². The molecule has 0 saturated heterocycles. The molecule has 3 aromatic rings. The van der Waals surface area contributed by atoms with Crippen LogP contribution in [0.4, 0.5) is 0 Å². The third-order valence-corrected chi connectivity index (χ3v) is 7.60. The van der Waals surface area contributed by atoms with Crippen molar-refractivity contribution in [2.75, 3.05) is 0 Å². The second-order valence-corrected chi connectivity index (χ2v) is 9.14. The Morgan fingerprint density at radius 2 is 1.62 bits per heavy atom. The monoisotopic (exact) mass is 444 g/mol. The van der Waals surface area contributed by atoms with Gasteiger partial charge in [-0.25, -0.2) is 0 Å². The third kappa shape index (κ3) is 4.11. The molecule has 0 bridgehead atoms. The Hall–Kier alpha value is -3.23. The fourth-order valence-corrected chi connectivity index (χ4v) is 5.63. The number of hydrogen-bond donors (Lipinski definition) is 1. The van der Waals surface area contributed by atoms with Gasteiger partial charge in [0.1, 0.15) is 11.5 Å². The van der Waals surface area contributed by atoms with Gasteiger partial charge in [0.15, 0.2) is 0 Å². The summed E-state index contributed by atoms with van der Waals surface area (Å²) in [6.07, 6.45) is 1.00. The summed E-state index contributed by atoms with van der Waals surface area (Å²) in [6, 6.07) is 21.3. The molecule has 2 unspecified atom stereocenters. The van der Waals surface area contributed by atoms with Gasteiger partial charge < -0.3 is 0 Å². The van der Waals surface area contributed by atoms with E-state index in [0.717, 1.165) is 21.6 Å². The molecule has 3 rings (SSSR count). The highest BCUT2D eigenvalue weighted by Crippen LogP contribution is 2.43. The highest BCUT2D eigenvalue weighted by Gasteiger charge is 2.45. The number of nitrogens with one attached hydrogen (secondary N) is 1. The Balaban J connectivity index is 2.11. The molecule has 0 aliphatic heterocycles. The van der Waals surface area contributed by atoms with E-state index in [4.69, 9.17) is 0 Å². The fraction of sp³-hybridized carbons (Fsp3) is 0.296. The molecular weight excluding hydrogens is 416 g/mol. The van der Waals surface area contributed by atoms with E-state index in [0.29, 0.717) is 23.3 Å². The van der Waals surface area contributed by atoms with Crippen molar-refractivity contribution in [3.05, 3.63) is 92.7 Å². The summed E-state index contributed by atoms with van der Waals surface area (Å²) in [5.74, 6) is -1.13. The Morgan fingerprint density at radius 3 is 2.16 bits per heavy atom. The maximum Gasteiger partial charge on any atom is 0.242 e. The van der Waals surface area contributed by atoms with Crippen LogP contribution in [0, 0.1) is 25.2 Å². The van der Waals surface area contributed by atoms with E-state index < -0.39 is 11.3 Å². The van der Waals surface area contributed by atoms with Gasteiger partial charge in [-0.3, -0.25) is 14.9 Å². The van der Waals surface area contributed by atoms with Crippen LogP contribution in [0.5, 0.6) is 0 Å². The van der Waals surface area contributed by atoms with Crippen LogP contribution in [0.1, 0.15) is 64.6 Å². The first kappa shape index (κ1) is 23.4. The SMILES string of the molecule is CCC(C(=O)NC(=O)C(CC)(c1ccccc1)c1sc(C)c(C)c1C#N)c1ccccc1. The van der Waals surface area contributed by atoms with Crippen molar-refractivity contribution < 1.29 is 9.59 Å². The Morgan fingerprint density at radius 1 is 1.03 bits per heavy atom. The highest BCUT2D eigenvalue weighted by molar-refractivity contribution is 7.12. The van der Waals surface area contributed by atoms with Crippen molar-refractivity contribution in [3.8, 4) is 6.07 Å². The van der Waals surface area contributed by atoms with E-state index in [2.05, 4.69) is 11.4 Å². The predicted molar refractivity (Wildman–Crippen MR) is 129 cm³/mol. The quantitative estimate of drug-likeness (QED) is 0.503. The zero-order chi connectivity index (χ0) is 23.3. The van der Waals surface area contributed by atoms with E-state index in [9.17, 15) is 14.9 Å². The van der Waals surface area contributed by atoms with Gasteiger partial charge in [-0.1, -0.05) is 74.5 Å². The molecule has 1 N–H and O–H groups in total. The number of benzene rings is 2. The Bertz CT molecular complexity index is 1150. The van der Waals surface area contributed by atoms with Crippen LogP contribution in [-0.2, 0) is 15.0 Å². The molecule has 2 aromatic carbocycles. The van der Waals surface area contributed by atoms with E-state index in [1.165, 1.54) is 11.3 Å². The second-order valence-electron chi connectivity index (χ2n) is 7.91. The molecule has 4 nitrogen and oxygen atoms in total. The number of carbonyl (C=O) groups is 2. The average Bonchev–Trinajstić information content (AvgIpc) is 3.10. The third-order valence-electron chi connectivity index (χ3n) is 6.23. The van der Waals surface area contributed by atoms with Crippen molar-refractivity contribution in [2.24, 2.45) is 0 Å². The number of imide groups is 1. The number of rotatable bonds is 7. The lowest BCUT2D eigenvalue weighted by Gasteiger charge is -2.32. The van der Waals surface area contributed by atoms with Crippen LogP contribution in [0.2, 0.25) is 0 Å². The first-order valence-electron chi connectivity index (χ1n) is 10.9. The first-order valence-corrected chi connectivity index (χ1v) is 11.7. The standard InChI is InChI=1S/C27H28N2O2S/c1-5-22(20-13-9-7-10-14-20)25(30)29-26(31)27(6-2,21-15-11-8-12-16-21)24-23(17-28)18(3)19(4)32-24/h7-16,22H,5-6H2,1-4H3,(H,29,30,31). The minimum absolute atomic E-state index is 0.319. The molecule has 164 valence electrons.